The van der Waals surface area contributed by atoms with Crippen molar-refractivity contribution in [2.24, 2.45) is 0 Å². The zero-order valence-electron chi connectivity index (χ0n) is 14.7. The summed E-state index contributed by atoms with van der Waals surface area (Å²) in [5, 5.41) is 0. The number of amides is 1. The standard InChI is InChI=1S/C17H32N2O3/c1-16(2,3)22-15(20)19-12-8-17(4,14-19)21-13-7-11-18-9-5-6-10-18/h5-14H2,1-4H3. The second kappa shape index (κ2) is 7.18. The molecule has 2 fully saturated rings. The molecule has 2 saturated heterocycles. The van der Waals surface area contributed by atoms with E-state index in [2.05, 4.69) is 11.8 Å². The van der Waals surface area contributed by atoms with Crippen molar-refractivity contribution in [2.45, 2.75) is 64.6 Å². The molecule has 0 N–H and O–H groups in total. The molecule has 2 aliphatic heterocycles. The summed E-state index contributed by atoms with van der Waals surface area (Å²) in [6.07, 6.45) is 4.40. The highest BCUT2D eigenvalue weighted by Crippen LogP contribution is 2.26. The second-order valence-corrected chi connectivity index (χ2v) is 7.85. The smallest absolute Gasteiger partial charge is 0.410 e. The second-order valence-electron chi connectivity index (χ2n) is 7.85. The number of hydrogen-bond donors (Lipinski definition) is 0. The topological polar surface area (TPSA) is 42.0 Å². The summed E-state index contributed by atoms with van der Waals surface area (Å²) < 4.78 is 11.5. The van der Waals surface area contributed by atoms with E-state index in [1.165, 1.54) is 25.9 Å². The van der Waals surface area contributed by atoms with Crippen LogP contribution in [0.3, 0.4) is 0 Å². The molecule has 1 unspecified atom stereocenters. The zero-order chi connectivity index (χ0) is 16.2. The summed E-state index contributed by atoms with van der Waals surface area (Å²) in [5.41, 5.74) is -0.658. The van der Waals surface area contributed by atoms with E-state index < -0.39 is 5.60 Å². The van der Waals surface area contributed by atoms with E-state index in [9.17, 15) is 4.79 Å². The first-order chi connectivity index (χ1) is 10.3. The van der Waals surface area contributed by atoms with E-state index in [4.69, 9.17) is 9.47 Å². The van der Waals surface area contributed by atoms with Gasteiger partial charge in [-0.15, -0.1) is 0 Å². The van der Waals surface area contributed by atoms with Crippen LogP contribution in [0.2, 0.25) is 0 Å². The third kappa shape index (κ3) is 5.43. The molecule has 0 aromatic heterocycles. The molecule has 2 aliphatic rings. The van der Waals surface area contributed by atoms with Gasteiger partial charge >= 0.3 is 6.09 Å². The molecule has 0 spiro atoms. The molecular formula is C17H32N2O3. The van der Waals surface area contributed by atoms with Gasteiger partial charge in [0, 0.05) is 19.7 Å². The highest BCUT2D eigenvalue weighted by Gasteiger charge is 2.38. The van der Waals surface area contributed by atoms with Crippen molar-refractivity contribution in [3.05, 3.63) is 0 Å². The molecule has 22 heavy (non-hydrogen) atoms. The van der Waals surface area contributed by atoms with Crippen LogP contribution in [0.25, 0.3) is 0 Å². The van der Waals surface area contributed by atoms with Crippen molar-refractivity contribution < 1.29 is 14.3 Å². The Labute approximate surface area is 134 Å². The highest BCUT2D eigenvalue weighted by molar-refractivity contribution is 5.68. The Hall–Kier alpha value is -0.810. The van der Waals surface area contributed by atoms with E-state index in [1.807, 2.05) is 20.8 Å². The van der Waals surface area contributed by atoms with E-state index in [-0.39, 0.29) is 11.7 Å². The number of carbonyl (C=O) groups excluding carboxylic acids is 1. The molecule has 1 amide bonds. The fourth-order valence-corrected chi connectivity index (χ4v) is 3.15. The summed E-state index contributed by atoms with van der Waals surface area (Å²) >= 11 is 0. The average Bonchev–Trinajstić information content (AvgIpc) is 3.03. The van der Waals surface area contributed by atoms with Crippen LogP contribution < -0.4 is 0 Å². The Morgan fingerprint density at radius 2 is 1.86 bits per heavy atom. The van der Waals surface area contributed by atoms with Crippen LogP contribution >= 0.6 is 0 Å². The minimum absolute atomic E-state index is 0.220. The molecule has 0 radical (unpaired) electrons. The Balaban J connectivity index is 1.67. The maximum atomic E-state index is 12.1. The predicted octanol–water partition coefficient (Wildman–Crippen LogP) is 2.89. The molecule has 0 aliphatic carbocycles. The largest absolute Gasteiger partial charge is 0.444 e. The Bertz CT molecular complexity index is 375. The van der Waals surface area contributed by atoms with E-state index in [1.54, 1.807) is 4.90 Å². The zero-order valence-corrected chi connectivity index (χ0v) is 14.7. The van der Waals surface area contributed by atoms with E-state index >= 15 is 0 Å². The molecule has 2 heterocycles. The van der Waals surface area contributed by atoms with Crippen molar-refractivity contribution in [3.8, 4) is 0 Å². The molecule has 0 aromatic carbocycles. The van der Waals surface area contributed by atoms with Gasteiger partial charge in [-0.25, -0.2) is 4.79 Å². The van der Waals surface area contributed by atoms with Crippen LogP contribution in [0.1, 0.15) is 53.4 Å². The fraction of sp³-hybridized carbons (Fsp3) is 0.941. The summed E-state index contributed by atoms with van der Waals surface area (Å²) in [6.45, 7) is 13.5. The Morgan fingerprint density at radius 1 is 1.18 bits per heavy atom. The first kappa shape index (κ1) is 17.5. The van der Waals surface area contributed by atoms with Gasteiger partial charge in [0.15, 0.2) is 0 Å². The van der Waals surface area contributed by atoms with Gasteiger partial charge in [-0.1, -0.05) is 0 Å². The molecule has 5 nitrogen and oxygen atoms in total. The highest BCUT2D eigenvalue weighted by atomic mass is 16.6. The molecule has 1 atom stereocenters. The molecule has 128 valence electrons. The van der Waals surface area contributed by atoms with Crippen LogP contribution in [-0.2, 0) is 9.47 Å². The lowest BCUT2D eigenvalue weighted by atomic mass is 10.1. The van der Waals surface area contributed by atoms with Crippen LogP contribution in [0.4, 0.5) is 4.79 Å². The Morgan fingerprint density at radius 3 is 2.50 bits per heavy atom. The lowest BCUT2D eigenvalue weighted by Gasteiger charge is -2.27. The summed E-state index contributed by atoms with van der Waals surface area (Å²) in [6, 6.07) is 0. The maximum Gasteiger partial charge on any atom is 0.410 e. The van der Waals surface area contributed by atoms with Crippen LogP contribution in [0.5, 0.6) is 0 Å². The number of carbonyl (C=O) groups is 1. The molecule has 0 bridgehead atoms. The maximum absolute atomic E-state index is 12.1. The first-order valence-corrected chi connectivity index (χ1v) is 8.62. The summed E-state index contributed by atoms with van der Waals surface area (Å²) in [4.78, 5) is 16.4. The summed E-state index contributed by atoms with van der Waals surface area (Å²) in [5.74, 6) is 0. The van der Waals surface area contributed by atoms with E-state index in [0.29, 0.717) is 6.54 Å². The third-order valence-corrected chi connectivity index (χ3v) is 4.36. The lowest BCUT2D eigenvalue weighted by Crippen LogP contribution is -2.39. The number of likely N-dealkylation sites (tertiary alicyclic amines) is 2. The van der Waals surface area contributed by atoms with Crippen LogP contribution in [-0.4, -0.2) is 66.4 Å². The van der Waals surface area contributed by atoms with Crippen molar-refractivity contribution >= 4 is 6.09 Å². The van der Waals surface area contributed by atoms with E-state index in [0.717, 1.165) is 32.5 Å². The summed E-state index contributed by atoms with van der Waals surface area (Å²) in [7, 11) is 0. The van der Waals surface area contributed by atoms with Crippen molar-refractivity contribution in [2.75, 3.05) is 39.3 Å². The molecule has 0 saturated carbocycles. The van der Waals surface area contributed by atoms with Crippen molar-refractivity contribution in [3.63, 3.8) is 0 Å². The SMILES string of the molecule is CC(C)(C)OC(=O)N1CCC(C)(OCCCN2CCCC2)C1. The van der Waals surface area contributed by atoms with Gasteiger partial charge < -0.3 is 19.3 Å². The van der Waals surface area contributed by atoms with Gasteiger partial charge in [-0.05, 0) is 66.5 Å². The molecular weight excluding hydrogens is 280 g/mol. The van der Waals surface area contributed by atoms with Crippen molar-refractivity contribution in [1.82, 2.24) is 9.80 Å². The Kier molecular flexibility index (Phi) is 5.72. The van der Waals surface area contributed by atoms with Gasteiger partial charge in [-0.3, -0.25) is 0 Å². The minimum Gasteiger partial charge on any atom is -0.444 e. The predicted molar refractivity (Wildman–Crippen MR) is 87.1 cm³/mol. The number of rotatable bonds is 5. The van der Waals surface area contributed by atoms with Gasteiger partial charge in [0.2, 0.25) is 0 Å². The fourth-order valence-electron chi connectivity index (χ4n) is 3.15. The quantitative estimate of drug-likeness (QED) is 0.732. The van der Waals surface area contributed by atoms with Crippen LogP contribution in [0.15, 0.2) is 0 Å². The lowest BCUT2D eigenvalue weighted by molar-refractivity contribution is -0.0297. The number of hydrogen-bond acceptors (Lipinski definition) is 4. The van der Waals surface area contributed by atoms with Gasteiger partial charge in [-0.2, -0.15) is 0 Å². The third-order valence-electron chi connectivity index (χ3n) is 4.36. The van der Waals surface area contributed by atoms with Crippen molar-refractivity contribution in [1.29, 1.82) is 0 Å². The molecule has 2 rings (SSSR count). The number of ether oxygens (including phenoxy) is 2. The monoisotopic (exact) mass is 312 g/mol. The van der Waals surface area contributed by atoms with Gasteiger partial charge in [0.05, 0.1) is 12.1 Å². The molecule has 0 aromatic rings. The first-order valence-electron chi connectivity index (χ1n) is 8.62. The minimum atomic E-state index is -0.438. The number of nitrogens with zero attached hydrogens (tertiary/aromatic N) is 2. The normalized spacial score (nSPS) is 26.6. The van der Waals surface area contributed by atoms with Gasteiger partial charge in [0.1, 0.15) is 5.60 Å². The average molecular weight is 312 g/mol. The van der Waals surface area contributed by atoms with Gasteiger partial charge in [0.25, 0.3) is 0 Å². The molecule has 5 heteroatoms. The van der Waals surface area contributed by atoms with Crippen LogP contribution in [0, 0.1) is 0 Å².